The van der Waals surface area contributed by atoms with Gasteiger partial charge in [0.05, 0.1) is 12.1 Å². The number of hydrogen-bond donors (Lipinski definition) is 2. The number of methoxy groups -OCH3 is 1. The van der Waals surface area contributed by atoms with E-state index < -0.39 is 6.09 Å². The standard InChI is InChI=1S/C13H19NO4/c1-9(17-3)8-18-12-6-4-11(5-7-12)10(2)14-13(15)16/h4-7,9-10,14H,8H2,1-3H3,(H,15,16)/t9-,10?/m0/s1. The van der Waals surface area contributed by atoms with Gasteiger partial charge in [0, 0.05) is 7.11 Å². The summed E-state index contributed by atoms with van der Waals surface area (Å²) in [6, 6.07) is 7.07. The second-order valence-corrected chi connectivity index (χ2v) is 4.10. The van der Waals surface area contributed by atoms with Gasteiger partial charge >= 0.3 is 6.09 Å². The van der Waals surface area contributed by atoms with E-state index in [2.05, 4.69) is 5.32 Å². The molecule has 5 nitrogen and oxygen atoms in total. The van der Waals surface area contributed by atoms with Crippen molar-refractivity contribution >= 4 is 6.09 Å². The Bertz CT molecular complexity index is 377. The fraction of sp³-hybridized carbons (Fsp3) is 0.462. The molecule has 5 heteroatoms. The van der Waals surface area contributed by atoms with Crippen LogP contribution in [0.5, 0.6) is 5.75 Å². The molecule has 0 spiro atoms. The quantitative estimate of drug-likeness (QED) is 0.817. The summed E-state index contributed by atoms with van der Waals surface area (Å²) in [7, 11) is 1.64. The van der Waals surface area contributed by atoms with Crippen LogP contribution in [0.4, 0.5) is 4.79 Å². The molecule has 0 heterocycles. The Morgan fingerprint density at radius 2 is 1.94 bits per heavy atom. The van der Waals surface area contributed by atoms with Gasteiger partial charge in [0.1, 0.15) is 12.4 Å². The van der Waals surface area contributed by atoms with Gasteiger partial charge in [-0.15, -0.1) is 0 Å². The number of amides is 1. The van der Waals surface area contributed by atoms with Crippen LogP contribution in [0.1, 0.15) is 25.5 Å². The molecule has 1 rings (SSSR count). The van der Waals surface area contributed by atoms with Crippen LogP contribution < -0.4 is 10.1 Å². The van der Waals surface area contributed by atoms with E-state index >= 15 is 0 Å². The first-order valence-corrected chi connectivity index (χ1v) is 5.78. The number of benzene rings is 1. The van der Waals surface area contributed by atoms with E-state index in [4.69, 9.17) is 14.6 Å². The van der Waals surface area contributed by atoms with Crippen LogP contribution in [-0.2, 0) is 4.74 Å². The van der Waals surface area contributed by atoms with Crippen LogP contribution in [0.25, 0.3) is 0 Å². The molecule has 1 aromatic rings. The Morgan fingerprint density at radius 3 is 2.44 bits per heavy atom. The molecule has 0 aliphatic rings. The third-order valence-electron chi connectivity index (χ3n) is 2.61. The van der Waals surface area contributed by atoms with Gasteiger partial charge in [-0.2, -0.15) is 0 Å². The van der Waals surface area contributed by atoms with Crippen LogP contribution in [0, 0.1) is 0 Å². The lowest BCUT2D eigenvalue weighted by atomic mass is 10.1. The minimum atomic E-state index is -1.03. The maximum Gasteiger partial charge on any atom is 0.405 e. The summed E-state index contributed by atoms with van der Waals surface area (Å²) < 4.78 is 10.6. The maximum absolute atomic E-state index is 10.5. The second-order valence-electron chi connectivity index (χ2n) is 4.10. The zero-order valence-corrected chi connectivity index (χ0v) is 10.8. The predicted octanol–water partition coefficient (Wildman–Crippen LogP) is 2.43. The molecule has 0 saturated heterocycles. The highest BCUT2D eigenvalue weighted by Gasteiger charge is 2.08. The summed E-state index contributed by atoms with van der Waals surface area (Å²) >= 11 is 0. The van der Waals surface area contributed by atoms with E-state index in [1.54, 1.807) is 14.0 Å². The summed E-state index contributed by atoms with van der Waals surface area (Å²) in [6.45, 7) is 4.20. The molecule has 0 aliphatic heterocycles. The molecule has 0 aliphatic carbocycles. The van der Waals surface area contributed by atoms with Crippen LogP contribution in [0.15, 0.2) is 24.3 Å². The molecule has 0 fully saturated rings. The molecule has 0 radical (unpaired) electrons. The van der Waals surface area contributed by atoms with E-state index in [-0.39, 0.29) is 12.1 Å². The first-order valence-electron chi connectivity index (χ1n) is 5.78. The SMILES string of the molecule is CO[C@@H](C)COc1ccc(C(C)NC(=O)O)cc1. The van der Waals surface area contributed by atoms with Crippen molar-refractivity contribution < 1.29 is 19.4 Å². The van der Waals surface area contributed by atoms with E-state index in [1.807, 2.05) is 31.2 Å². The average Bonchev–Trinajstić information content (AvgIpc) is 2.35. The van der Waals surface area contributed by atoms with Gasteiger partial charge in [0.25, 0.3) is 0 Å². The van der Waals surface area contributed by atoms with Gasteiger partial charge in [0.2, 0.25) is 0 Å². The van der Waals surface area contributed by atoms with Crippen LogP contribution in [0.3, 0.4) is 0 Å². The predicted molar refractivity (Wildman–Crippen MR) is 68.0 cm³/mol. The van der Waals surface area contributed by atoms with E-state index in [0.29, 0.717) is 6.61 Å². The summed E-state index contributed by atoms with van der Waals surface area (Å²) in [5.41, 5.74) is 0.893. The number of hydrogen-bond acceptors (Lipinski definition) is 3. The Labute approximate surface area is 107 Å². The molecular formula is C13H19NO4. The number of carboxylic acid groups (broad SMARTS) is 1. The van der Waals surface area contributed by atoms with Gasteiger partial charge in [-0.25, -0.2) is 4.79 Å². The smallest absolute Gasteiger partial charge is 0.405 e. The fourth-order valence-corrected chi connectivity index (χ4v) is 1.40. The van der Waals surface area contributed by atoms with Crippen molar-refractivity contribution in [3.05, 3.63) is 29.8 Å². The molecule has 0 aromatic heterocycles. The molecule has 1 aromatic carbocycles. The van der Waals surface area contributed by atoms with Crippen molar-refractivity contribution in [2.45, 2.75) is 26.0 Å². The van der Waals surface area contributed by atoms with Crippen molar-refractivity contribution in [3.8, 4) is 5.75 Å². The lowest BCUT2D eigenvalue weighted by Gasteiger charge is -2.14. The van der Waals surface area contributed by atoms with Crippen molar-refractivity contribution in [1.82, 2.24) is 5.32 Å². The van der Waals surface area contributed by atoms with Crippen LogP contribution >= 0.6 is 0 Å². The maximum atomic E-state index is 10.5. The van der Waals surface area contributed by atoms with E-state index in [9.17, 15) is 4.79 Å². The number of ether oxygens (including phenoxy) is 2. The fourth-order valence-electron chi connectivity index (χ4n) is 1.40. The third kappa shape index (κ3) is 4.63. The Kier molecular flexibility index (Phi) is 5.45. The topological polar surface area (TPSA) is 67.8 Å². The minimum absolute atomic E-state index is 0.0391. The van der Waals surface area contributed by atoms with Crippen LogP contribution in [-0.4, -0.2) is 31.0 Å². The molecule has 2 N–H and O–H groups in total. The minimum Gasteiger partial charge on any atom is -0.491 e. The molecule has 0 saturated carbocycles. The highest BCUT2D eigenvalue weighted by Crippen LogP contribution is 2.17. The molecule has 0 bridgehead atoms. The zero-order chi connectivity index (χ0) is 13.5. The summed E-state index contributed by atoms with van der Waals surface area (Å²) in [4.78, 5) is 10.5. The first-order chi connectivity index (χ1) is 8.52. The van der Waals surface area contributed by atoms with Crippen molar-refractivity contribution in [2.24, 2.45) is 0 Å². The largest absolute Gasteiger partial charge is 0.491 e. The normalized spacial score (nSPS) is 13.7. The van der Waals surface area contributed by atoms with E-state index in [1.165, 1.54) is 0 Å². The Balaban J connectivity index is 2.54. The lowest BCUT2D eigenvalue weighted by Crippen LogP contribution is -2.24. The molecule has 100 valence electrons. The Morgan fingerprint density at radius 1 is 1.33 bits per heavy atom. The highest BCUT2D eigenvalue weighted by atomic mass is 16.5. The summed E-state index contributed by atoms with van der Waals surface area (Å²) in [5, 5.41) is 11.0. The molecule has 2 atom stereocenters. The van der Waals surface area contributed by atoms with Gasteiger partial charge < -0.3 is 19.9 Å². The highest BCUT2D eigenvalue weighted by molar-refractivity contribution is 5.65. The lowest BCUT2D eigenvalue weighted by molar-refractivity contribution is 0.0716. The third-order valence-corrected chi connectivity index (χ3v) is 2.61. The van der Waals surface area contributed by atoms with Gasteiger partial charge in [0.15, 0.2) is 0 Å². The van der Waals surface area contributed by atoms with Crippen molar-refractivity contribution in [3.63, 3.8) is 0 Å². The van der Waals surface area contributed by atoms with Crippen LogP contribution in [0.2, 0.25) is 0 Å². The number of carbonyl (C=O) groups is 1. The second kappa shape index (κ2) is 6.86. The summed E-state index contributed by atoms with van der Waals surface area (Å²) in [5.74, 6) is 0.741. The molecule has 18 heavy (non-hydrogen) atoms. The number of rotatable bonds is 6. The van der Waals surface area contributed by atoms with Crippen molar-refractivity contribution in [1.29, 1.82) is 0 Å². The van der Waals surface area contributed by atoms with E-state index in [0.717, 1.165) is 11.3 Å². The average molecular weight is 253 g/mol. The van der Waals surface area contributed by atoms with Crippen molar-refractivity contribution in [2.75, 3.05) is 13.7 Å². The molecular weight excluding hydrogens is 234 g/mol. The molecule has 1 amide bonds. The van der Waals surface area contributed by atoms with Gasteiger partial charge in [-0.05, 0) is 31.5 Å². The van der Waals surface area contributed by atoms with Gasteiger partial charge in [-0.3, -0.25) is 0 Å². The molecule has 1 unspecified atom stereocenters. The Hall–Kier alpha value is -1.75. The monoisotopic (exact) mass is 253 g/mol. The summed E-state index contributed by atoms with van der Waals surface area (Å²) in [6.07, 6.45) is -0.992. The first kappa shape index (κ1) is 14.3. The number of nitrogens with one attached hydrogen (secondary N) is 1. The van der Waals surface area contributed by atoms with Gasteiger partial charge in [-0.1, -0.05) is 12.1 Å². The zero-order valence-electron chi connectivity index (χ0n) is 10.8.